The van der Waals surface area contributed by atoms with E-state index < -0.39 is 18.3 Å². The molecule has 0 aliphatic carbocycles. The molecule has 0 amide bonds. The Morgan fingerprint density at radius 3 is 2.41 bits per heavy atom. The summed E-state index contributed by atoms with van der Waals surface area (Å²) in [5.41, 5.74) is 1.21. The Balaban J connectivity index is 2.07. The molecule has 1 aromatic carbocycles. The summed E-state index contributed by atoms with van der Waals surface area (Å²) < 4.78 is 17.0. The molecule has 0 atom stereocenters. The first-order chi connectivity index (χ1) is 10.2. The molecule has 3 rings (SSSR count). The highest BCUT2D eigenvalue weighted by Gasteiger charge is 2.51. The largest absolute Gasteiger partial charge is 0.494 e. The van der Waals surface area contributed by atoms with Gasteiger partial charge in [0.25, 0.3) is 0 Å². The highest BCUT2D eigenvalue weighted by molar-refractivity contribution is 6.62. The Morgan fingerprint density at radius 1 is 1.18 bits per heavy atom. The first-order valence-corrected chi connectivity index (χ1v) is 7.30. The number of hydrogen-bond acceptors (Lipinski definition) is 4. The molecule has 6 heteroatoms. The third-order valence-corrected chi connectivity index (χ3v) is 4.61. The van der Waals surface area contributed by atoms with Crippen LogP contribution in [0.3, 0.4) is 0 Å². The van der Waals surface area contributed by atoms with Gasteiger partial charge in [-0.3, -0.25) is 0 Å². The molecular weight excluding hydrogens is 281 g/mol. The van der Waals surface area contributed by atoms with Crippen molar-refractivity contribution in [2.24, 2.45) is 0 Å². The van der Waals surface area contributed by atoms with Crippen LogP contribution < -0.4 is 5.46 Å². The summed E-state index contributed by atoms with van der Waals surface area (Å²) in [5, 5.41) is 0.924. The number of methoxy groups -OCH3 is 1. The van der Waals surface area contributed by atoms with Gasteiger partial charge < -0.3 is 19.0 Å². The average molecular weight is 301 g/mol. The van der Waals surface area contributed by atoms with Gasteiger partial charge in [-0.25, -0.2) is 4.79 Å². The van der Waals surface area contributed by atoms with Crippen LogP contribution in [0.15, 0.2) is 24.4 Å². The van der Waals surface area contributed by atoms with Gasteiger partial charge in [0.05, 0.1) is 29.4 Å². The molecule has 1 aliphatic rings. The van der Waals surface area contributed by atoms with Crippen LogP contribution in [-0.2, 0) is 14.0 Å². The van der Waals surface area contributed by atoms with E-state index in [-0.39, 0.29) is 5.97 Å². The van der Waals surface area contributed by atoms with Crippen molar-refractivity contribution in [1.82, 2.24) is 4.98 Å². The van der Waals surface area contributed by atoms with Gasteiger partial charge in [-0.1, -0.05) is 6.07 Å². The quantitative estimate of drug-likeness (QED) is 0.683. The van der Waals surface area contributed by atoms with Crippen molar-refractivity contribution in [2.45, 2.75) is 38.9 Å². The molecule has 0 radical (unpaired) electrons. The van der Waals surface area contributed by atoms with E-state index in [0.717, 1.165) is 16.4 Å². The number of rotatable bonds is 2. The van der Waals surface area contributed by atoms with E-state index >= 15 is 0 Å². The molecule has 1 saturated heterocycles. The molecule has 1 fully saturated rings. The van der Waals surface area contributed by atoms with E-state index in [1.165, 1.54) is 7.11 Å². The second kappa shape index (κ2) is 4.86. The van der Waals surface area contributed by atoms with Crippen LogP contribution >= 0.6 is 0 Å². The van der Waals surface area contributed by atoms with Crippen LogP contribution in [0, 0.1) is 0 Å². The van der Waals surface area contributed by atoms with Crippen LogP contribution in [0.4, 0.5) is 0 Å². The Kier molecular flexibility index (Phi) is 3.34. The molecule has 2 heterocycles. The first-order valence-electron chi connectivity index (χ1n) is 7.30. The number of esters is 1. The van der Waals surface area contributed by atoms with Gasteiger partial charge in [0.2, 0.25) is 0 Å². The van der Waals surface area contributed by atoms with Crippen LogP contribution in [0.2, 0.25) is 0 Å². The van der Waals surface area contributed by atoms with E-state index in [9.17, 15) is 4.79 Å². The number of H-pyrrole nitrogens is 1. The second-order valence-corrected chi connectivity index (χ2v) is 6.59. The minimum Gasteiger partial charge on any atom is -0.465 e. The second-order valence-electron chi connectivity index (χ2n) is 6.59. The van der Waals surface area contributed by atoms with Crippen LogP contribution in [0.1, 0.15) is 38.1 Å². The molecule has 0 unspecified atom stereocenters. The van der Waals surface area contributed by atoms with Crippen molar-refractivity contribution in [1.29, 1.82) is 0 Å². The topological polar surface area (TPSA) is 60.6 Å². The number of nitrogens with one attached hydrogen (secondary N) is 1. The van der Waals surface area contributed by atoms with Gasteiger partial charge in [0, 0.05) is 6.20 Å². The lowest BCUT2D eigenvalue weighted by molar-refractivity contribution is 0.00578. The summed E-state index contributed by atoms with van der Waals surface area (Å²) in [4.78, 5) is 15.1. The number of hydrogen-bond donors (Lipinski definition) is 1. The molecule has 0 bridgehead atoms. The van der Waals surface area contributed by atoms with E-state index in [0.29, 0.717) is 5.56 Å². The number of ether oxygens (including phenoxy) is 1. The van der Waals surface area contributed by atoms with Gasteiger partial charge >= 0.3 is 13.1 Å². The molecule has 2 aromatic rings. The molecule has 22 heavy (non-hydrogen) atoms. The maximum absolute atomic E-state index is 12.0. The fourth-order valence-electron chi connectivity index (χ4n) is 2.58. The first kappa shape index (κ1) is 15.1. The molecular formula is C16H20BNO4. The number of aromatic amines is 1. The van der Waals surface area contributed by atoms with E-state index in [1.54, 1.807) is 12.3 Å². The lowest BCUT2D eigenvalue weighted by atomic mass is 9.77. The summed E-state index contributed by atoms with van der Waals surface area (Å²) >= 11 is 0. The molecule has 1 aliphatic heterocycles. The van der Waals surface area contributed by atoms with E-state index in [4.69, 9.17) is 14.0 Å². The number of fused-ring (bicyclic) bond motifs is 1. The lowest BCUT2D eigenvalue weighted by Crippen LogP contribution is -2.41. The molecule has 1 N–H and O–H groups in total. The normalized spacial score (nSPS) is 19.6. The van der Waals surface area contributed by atoms with Gasteiger partial charge in [0.1, 0.15) is 0 Å². The third-order valence-electron chi connectivity index (χ3n) is 4.61. The fourth-order valence-corrected chi connectivity index (χ4v) is 2.58. The number of carbonyl (C=O) groups excluding carboxylic acids is 1. The lowest BCUT2D eigenvalue weighted by Gasteiger charge is -2.32. The standard InChI is InChI=1S/C16H20BNO4/c1-15(2)16(3,4)22-17(21-15)11-8-10-6-7-18-13(10)12(9-11)14(19)20-5/h6-9,18H,1-5H3. The Morgan fingerprint density at radius 2 is 1.82 bits per heavy atom. The van der Waals surface area contributed by atoms with Crippen molar-refractivity contribution in [3.05, 3.63) is 30.0 Å². The number of benzene rings is 1. The minimum atomic E-state index is -0.507. The summed E-state index contributed by atoms with van der Waals surface area (Å²) in [6, 6.07) is 5.66. The highest BCUT2D eigenvalue weighted by atomic mass is 16.7. The fraction of sp³-hybridized carbons (Fsp3) is 0.438. The minimum absolute atomic E-state index is 0.384. The van der Waals surface area contributed by atoms with Gasteiger partial charge in [-0.15, -0.1) is 0 Å². The summed E-state index contributed by atoms with van der Waals surface area (Å²) in [6.07, 6.45) is 1.80. The SMILES string of the molecule is COC(=O)c1cc(B2OC(C)(C)C(C)(C)O2)cc2cc[nH]c12. The molecule has 0 spiro atoms. The van der Waals surface area contributed by atoms with Crippen LogP contribution in [0.25, 0.3) is 10.9 Å². The monoisotopic (exact) mass is 301 g/mol. The van der Waals surface area contributed by atoms with E-state index in [1.807, 2.05) is 39.8 Å². The molecule has 116 valence electrons. The summed E-state index contributed by atoms with van der Waals surface area (Å²) in [5.74, 6) is -0.384. The van der Waals surface area contributed by atoms with Crippen molar-refractivity contribution in [3.63, 3.8) is 0 Å². The Labute approximate surface area is 130 Å². The molecule has 5 nitrogen and oxygen atoms in total. The predicted octanol–water partition coefficient (Wildman–Crippen LogP) is 2.25. The van der Waals surface area contributed by atoms with Crippen LogP contribution in [0.5, 0.6) is 0 Å². The molecule has 1 aromatic heterocycles. The van der Waals surface area contributed by atoms with Gasteiger partial charge in [0.15, 0.2) is 0 Å². The zero-order valence-electron chi connectivity index (χ0n) is 13.5. The smallest absolute Gasteiger partial charge is 0.465 e. The van der Waals surface area contributed by atoms with Gasteiger partial charge in [-0.2, -0.15) is 0 Å². The summed E-state index contributed by atoms with van der Waals surface area (Å²) in [7, 11) is 0.867. The Bertz CT molecular complexity index is 719. The maximum Gasteiger partial charge on any atom is 0.494 e. The van der Waals surface area contributed by atoms with Crippen molar-refractivity contribution >= 4 is 29.5 Å². The molecule has 0 saturated carbocycles. The summed E-state index contributed by atoms with van der Waals surface area (Å²) in [6.45, 7) is 8.01. The van der Waals surface area contributed by atoms with Crippen molar-refractivity contribution in [3.8, 4) is 0 Å². The predicted molar refractivity (Wildman–Crippen MR) is 85.4 cm³/mol. The number of aromatic nitrogens is 1. The Hall–Kier alpha value is -1.79. The van der Waals surface area contributed by atoms with Crippen molar-refractivity contribution in [2.75, 3.05) is 7.11 Å². The van der Waals surface area contributed by atoms with Gasteiger partial charge in [-0.05, 0) is 50.7 Å². The number of carbonyl (C=O) groups is 1. The highest BCUT2D eigenvalue weighted by Crippen LogP contribution is 2.36. The average Bonchev–Trinajstić information content (AvgIpc) is 2.99. The van der Waals surface area contributed by atoms with E-state index in [2.05, 4.69) is 4.98 Å². The zero-order chi connectivity index (χ0) is 16.1. The van der Waals surface area contributed by atoms with Crippen LogP contribution in [-0.4, -0.2) is 36.4 Å². The zero-order valence-corrected chi connectivity index (χ0v) is 13.5. The van der Waals surface area contributed by atoms with Crippen molar-refractivity contribution < 1.29 is 18.8 Å². The maximum atomic E-state index is 12.0. The third kappa shape index (κ3) is 2.23.